The zero-order valence-corrected chi connectivity index (χ0v) is 13.7. The van der Waals surface area contributed by atoms with Crippen molar-refractivity contribution in [3.63, 3.8) is 0 Å². The first-order chi connectivity index (χ1) is 10.6. The first-order valence-electron chi connectivity index (χ1n) is 8.19. The van der Waals surface area contributed by atoms with Gasteiger partial charge in [-0.2, -0.15) is 0 Å². The summed E-state index contributed by atoms with van der Waals surface area (Å²) in [5, 5.41) is 9.84. The van der Waals surface area contributed by atoms with Crippen molar-refractivity contribution < 1.29 is 14.6 Å². The Kier molecular flexibility index (Phi) is 4.62. The fraction of sp³-hybridized carbons (Fsp3) is 0.611. The van der Waals surface area contributed by atoms with Gasteiger partial charge in [0.25, 0.3) is 0 Å². The molecule has 120 valence electrons. The van der Waals surface area contributed by atoms with Gasteiger partial charge in [0, 0.05) is 0 Å². The van der Waals surface area contributed by atoms with Crippen LogP contribution in [0.3, 0.4) is 0 Å². The fourth-order valence-corrected chi connectivity index (χ4v) is 4.16. The van der Waals surface area contributed by atoms with Crippen molar-refractivity contribution in [1.29, 1.82) is 0 Å². The predicted molar refractivity (Wildman–Crippen MR) is 86.9 cm³/mol. The highest BCUT2D eigenvalue weighted by atomic mass is 35.5. The molecule has 0 heterocycles. The number of carboxylic acid groups (broad SMARTS) is 1. The molecule has 1 aromatic carbocycles. The van der Waals surface area contributed by atoms with Crippen LogP contribution in [0.1, 0.15) is 67.9 Å². The molecule has 0 aliphatic heterocycles. The molecule has 0 bridgehead atoms. The minimum atomic E-state index is -0.730. The lowest BCUT2D eigenvalue weighted by Gasteiger charge is -2.21. The molecule has 1 atom stereocenters. The molecule has 22 heavy (non-hydrogen) atoms. The number of benzene rings is 1. The molecular weight excluding hydrogens is 300 g/mol. The summed E-state index contributed by atoms with van der Waals surface area (Å²) in [4.78, 5) is 11.2. The Balaban J connectivity index is 1.98. The SMILES string of the molecule is COc1c(Cl)cc(C(CC(=O)O)C2CC2)cc1C1CCCC1. The molecule has 0 amide bonds. The summed E-state index contributed by atoms with van der Waals surface area (Å²) in [5.41, 5.74) is 2.26. The standard InChI is InChI=1S/C18H23ClO3/c1-22-18-15(11-4-2-3-5-11)8-13(9-16(18)19)14(10-17(20)21)12-6-7-12/h8-9,11-12,14H,2-7,10H2,1H3,(H,20,21). The second-order valence-corrected chi connectivity index (χ2v) is 7.06. The number of halogens is 1. The van der Waals surface area contributed by atoms with Gasteiger partial charge in [-0.1, -0.05) is 30.5 Å². The van der Waals surface area contributed by atoms with E-state index in [9.17, 15) is 9.90 Å². The van der Waals surface area contributed by atoms with Crippen molar-refractivity contribution in [1.82, 2.24) is 0 Å². The summed E-state index contributed by atoms with van der Waals surface area (Å²) in [5.74, 6) is 1.13. The molecule has 1 unspecified atom stereocenters. The van der Waals surface area contributed by atoms with Crippen molar-refractivity contribution in [3.8, 4) is 5.75 Å². The van der Waals surface area contributed by atoms with Crippen LogP contribution in [-0.2, 0) is 4.79 Å². The van der Waals surface area contributed by atoms with Crippen LogP contribution < -0.4 is 4.74 Å². The molecule has 0 aromatic heterocycles. The summed E-state index contributed by atoms with van der Waals surface area (Å²) >= 11 is 6.45. The van der Waals surface area contributed by atoms with Crippen molar-refractivity contribution >= 4 is 17.6 Å². The average molecular weight is 323 g/mol. The molecular formula is C18H23ClO3. The maximum Gasteiger partial charge on any atom is 0.303 e. The number of hydrogen-bond donors (Lipinski definition) is 1. The van der Waals surface area contributed by atoms with Crippen LogP contribution in [0.25, 0.3) is 0 Å². The molecule has 0 saturated heterocycles. The molecule has 1 aromatic rings. The molecule has 0 radical (unpaired) electrons. The van der Waals surface area contributed by atoms with Gasteiger partial charge in [0.15, 0.2) is 0 Å². The van der Waals surface area contributed by atoms with Crippen molar-refractivity contribution in [2.45, 2.75) is 56.8 Å². The van der Waals surface area contributed by atoms with E-state index in [1.165, 1.54) is 31.2 Å². The van der Waals surface area contributed by atoms with E-state index >= 15 is 0 Å². The maximum absolute atomic E-state index is 11.2. The first kappa shape index (κ1) is 15.7. The summed E-state index contributed by atoms with van der Waals surface area (Å²) in [6.07, 6.45) is 7.28. The van der Waals surface area contributed by atoms with Gasteiger partial charge in [-0.15, -0.1) is 0 Å². The van der Waals surface area contributed by atoms with E-state index in [-0.39, 0.29) is 12.3 Å². The number of carbonyl (C=O) groups is 1. The van der Waals surface area contributed by atoms with Gasteiger partial charge in [0.05, 0.1) is 18.6 Å². The molecule has 3 nitrogen and oxygen atoms in total. The number of methoxy groups -OCH3 is 1. The maximum atomic E-state index is 11.2. The molecule has 2 aliphatic rings. The third-order valence-electron chi connectivity index (χ3n) is 5.11. The van der Waals surface area contributed by atoms with Crippen molar-refractivity contribution in [2.24, 2.45) is 5.92 Å². The zero-order valence-electron chi connectivity index (χ0n) is 13.0. The van der Waals surface area contributed by atoms with Crippen LogP contribution in [0.15, 0.2) is 12.1 Å². The molecule has 1 N–H and O–H groups in total. The molecule has 2 saturated carbocycles. The van der Waals surface area contributed by atoms with Crippen molar-refractivity contribution in [3.05, 3.63) is 28.3 Å². The first-order valence-corrected chi connectivity index (χ1v) is 8.57. The second-order valence-electron chi connectivity index (χ2n) is 6.65. The Bertz CT molecular complexity index is 560. The van der Waals surface area contributed by atoms with Crippen LogP contribution in [0.5, 0.6) is 5.75 Å². The summed E-state index contributed by atoms with van der Waals surface area (Å²) < 4.78 is 5.53. The summed E-state index contributed by atoms with van der Waals surface area (Å²) in [6.45, 7) is 0. The van der Waals surface area contributed by atoms with E-state index in [4.69, 9.17) is 16.3 Å². The highest BCUT2D eigenvalue weighted by Crippen LogP contribution is 2.48. The quantitative estimate of drug-likeness (QED) is 0.804. The van der Waals surface area contributed by atoms with Gasteiger partial charge in [0.1, 0.15) is 5.75 Å². The van der Waals surface area contributed by atoms with E-state index in [1.54, 1.807) is 7.11 Å². The second kappa shape index (κ2) is 6.49. The molecule has 0 spiro atoms. The predicted octanol–water partition coefficient (Wildman–Crippen LogP) is 4.97. The van der Waals surface area contributed by atoms with Gasteiger partial charge in [0.2, 0.25) is 0 Å². The fourth-order valence-electron chi connectivity index (χ4n) is 3.85. The van der Waals surface area contributed by atoms with Gasteiger partial charge < -0.3 is 9.84 Å². The Morgan fingerprint density at radius 1 is 1.32 bits per heavy atom. The van der Waals surface area contributed by atoms with E-state index < -0.39 is 5.97 Å². The van der Waals surface area contributed by atoms with Gasteiger partial charge >= 0.3 is 5.97 Å². The lowest BCUT2D eigenvalue weighted by molar-refractivity contribution is -0.137. The van der Waals surface area contributed by atoms with E-state index in [0.717, 1.165) is 24.2 Å². The Hall–Kier alpha value is -1.22. The molecule has 2 fully saturated rings. The Morgan fingerprint density at radius 3 is 2.55 bits per heavy atom. The van der Waals surface area contributed by atoms with Gasteiger partial charge in [-0.3, -0.25) is 4.79 Å². The van der Waals surface area contributed by atoms with E-state index in [0.29, 0.717) is 16.9 Å². The summed E-state index contributed by atoms with van der Waals surface area (Å²) in [7, 11) is 1.66. The van der Waals surface area contributed by atoms with Crippen LogP contribution in [0.4, 0.5) is 0 Å². The lowest BCUT2D eigenvalue weighted by Crippen LogP contribution is -2.10. The van der Waals surface area contributed by atoms with Crippen LogP contribution >= 0.6 is 11.6 Å². The minimum Gasteiger partial charge on any atom is -0.495 e. The van der Waals surface area contributed by atoms with Crippen LogP contribution in [0.2, 0.25) is 5.02 Å². The van der Waals surface area contributed by atoms with E-state index in [2.05, 4.69) is 6.07 Å². The van der Waals surface area contributed by atoms with Crippen LogP contribution in [-0.4, -0.2) is 18.2 Å². The number of rotatable bonds is 6. The normalized spacial score (nSPS) is 20.1. The Labute approximate surface area is 136 Å². The number of carboxylic acids is 1. The largest absolute Gasteiger partial charge is 0.495 e. The van der Waals surface area contributed by atoms with E-state index in [1.807, 2.05) is 6.07 Å². The summed E-state index contributed by atoms with van der Waals surface area (Å²) in [6, 6.07) is 4.09. The third kappa shape index (κ3) is 3.24. The zero-order chi connectivity index (χ0) is 15.7. The molecule has 4 heteroatoms. The van der Waals surface area contributed by atoms with Gasteiger partial charge in [-0.05, 0) is 60.6 Å². The monoisotopic (exact) mass is 322 g/mol. The third-order valence-corrected chi connectivity index (χ3v) is 5.39. The topological polar surface area (TPSA) is 46.5 Å². The van der Waals surface area contributed by atoms with Crippen molar-refractivity contribution in [2.75, 3.05) is 7.11 Å². The van der Waals surface area contributed by atoms with Gasteiger partial charge in [-0.25, -0.2) is 0 Å². The number of aliphatic carboxylic acids is 1. The number of ether oxygens (including phenoxy) is 1. The number of hydrogen-bond acceptors (Lipinski definition) is 2. The molecule has 3 rings (SSSR count). The highest BCUT2D eigenvalue weighted by Gasteiger charge is 2.35. The smallest absolute Gasteiger partial charge is 0.303 e. The Morgan fingerprint density at radius 2 is 2.00 bits per heavy atom. The highest BCUT2D eigenvalue weighted by molar-refractivity contribution is 6.32. The lowest BCUT2D eigenvalue weighted by atomic mass is 9.86. The minimum absolute atomic E-state index is 0.0843. The molecule has 2 aliphatic carbocycles. The average Bonchev–Trinajstić information content (AvgIpc) is 3.17. The van der Waals surface area contributed by atoms with Crippen LogP contribution in [0, 0.1) is 5.92 Å².